The maximum atomic E-state index is 12.0. The van der Waals surface area contributed by atoms with E-state index in [1.807, 2.05) is 0 Å². The van der Waals surface area contributed by atoms with Crippen LogP contribution in [-0.4, -0.2) is 27.6 Å². The van der Waals surface area contributed by atoms with Crippen molar-refractivity contribution in [2.45, 2.75) is 75.6 Å². The highest BCUT2D eigenvalue weighted by Gasteiger charge is 2.43. The van der Waals surface area contributed by atoms with Crippen molar-refractivity contribution in [3.05, 3.63) is 0 Å². The Balaban J connectivity index is 1.95. The summed E-state index contributed by atoms with van der Waals surface area (Å²) in [4.78, 5) is 12.0. The largest absolute Gasteiger partial charge is 0.431 e. The molecular formula is C13H22O4. The number of hydrogen-bond acceptors (Lipinski definition) is 4. The molecule has 0 aliphatic heterocycles. The van der Waals surface area contributed by atoms with Gasteiger partial charge in [0.05, 0.1) is 0 Å². The van der Waals surface area contributed by atoms with Crippen LogP contribution in [0.15, 0.2) is 0 Å². The summed E-state index contributed by atoms with van der Waals surface area (Å²) in [6, 6.07) is 0. The summed E-state index contributed by atoms with van der Waals surface area (Å²) < 4.78 is 5.19. The number of ether oxygens (including phenoxy) is 1. The van der Waals surface area contributed by atoms with E-state index in [2.05, 4.69) is 0 Å². The van der Waals surface area contributed by atoms with Gasteiger partial charge in [0.2, 0.25) is 5.79 Å². The molecule has 2 rings (SSSR count). The fraction of sp³-hybridized carbons (Fsp3) is 0.923. The minimum atomic E-state index is -1.36. The predicted octanol–water partition coefficient (Wildman–Crippen LogP) is 1.88. The van der Waals surface area contributed by atoms with E-state index in [4.69, 9.17) is 4.74 Å². The third-order valence-electron chi connectivity index (χ3n) is 3.98. The molecule has 0 heterocycles. The van der Waals surface area contributed by atoms with Crippen LogP contribution >= 0.6 is 0 Å². The zero-order valence-electron chi connectivity index (χ0n) is 10.3. The molecule has 0 bridgehead atoms. The maximum absolute atomic E-state index is 12.0. The number of carbonyl (C=O) groups excluding carboxylic acids is 1. The Morgan fingerprint density at radius 3 is 1.82 bits per heavy atom. The Labute approximate surface area is 102 Å². The first kappa shape index (κ1) is 12.8. The van der Waals surface area contributed by atoms with Gasteiger partial charge >= 0.3 is 5.97 Å². The Hall–Kier alpha value is -0.610. The van der Waals surface area contributed by atoms with Gasteiger partial charge in [0, 0.05) is 12.8 Å². The Bertz CT molecular complexity index is 275. The third kappa shape index (κ3) is 2.99. The van der Waals surface area contributed by atoms with Crippen molar-refractivity contribution >= 4 is 5.97 Å². The predicted molar refractivity (Wildman–Crippen MR) is 62.2 cm³/mol. The van der Waals surface area contributed by atoms with E-state index in [0.29, 0.717) is 25.7 Å². The minimum Gasteiger partial charge on any atom is -0.431 e. The van der Waals surface area contributed by atoms with E-state index >= 15 is 0 Å². The molecule has 0 aromatic rings. The van der Waals surface area contributed by atoms with E-state index < -0.39 is 17.4 Å². The lowest BCUT2D eigenvalue weighted by Gasteiger charge is -2.36. The first-order valence-corrected chi connectivity index (χ1v) is 6.72. The Kier molecular flexibility index (Phi) is 3.73. The highest BCUT2D eigenvalue weighted by molar-refractivity contribution is 5.79. The lowest BCUT2D eigenvalue weighted by atomic mass is 9.84. The molecule has 0 amide bonds. The van der Waals surface area contributed by atoms with E-state index in [1.165, 1.54) is 0 Å². The first-order chi connectivity index (χ1) is 8.04. The number of carbonyl (C=O) groups is 1. The monoisotopic (exact) mass is 242 g/mol. The molecule has 2 aliphatic rings. The number of esters is 1. The third-order valence-corrected chi connectivity index (χ3v) is 3.98. The fourth-order valence-corrected chi connectivity index (χ4v) is 2.81. The normalized spacial score (nSPS) is 27.4. The summed E-state index contributed by atoms with van der Waals surface area (Å²) >= 11 is 0. The average molecular weight is 242 g/mol. The van der Waals surface area contributed by atoms with Gasteiger partial charge in [-0.1, -0.05) is 12.8 Å². The van der Waals surface area contributed by atoms with Crippen LogP contribution in [-0.2, 0) is 9.53 Å². The summed E-state index contributed by atoms with van der Waals surface area (Å²) in [5.41, 5.74) is -1.36. The van der Waals surface area contributed by atoms with Crippen LogP contribution in [0.2, 0.25) is 0 Å². The second-order valence-corrected chi connectivity index (χ2v) is 5.49. The topological polar surface area (TPSA) is 66.8 Å². The van der Waals surface area contributed by atoms with E-state index in [0.717, 1.165) is 38.5 Å². The molecule has 4 heteroatoms. The Morgan fingerprint density at radius 2 is 1.29 bits per heavy atom. The molecule has 17 heavy (non-hydrogen) atoms. The fourth-order valence-electron chi connectivity index (χ4n) is 2.81. The maximum Gasteiger partial charge on any atom is 0.340 e. The summed E-state index contributed by atoms with van der Waals surface area (Å²) in [6.45, 7) is 0. The molecule has 2 saturated carbocycles. The van der Waals surface area contributed by atoms with Gasteiger partial charge in [-0.25, -0.2) is 4.79 Å². The quantitative estimate of drug-likeness (QED) is 0.573. The van der Waals surface area contributed by atoms with Crippen molar-refractivity contribution in [1.82, 2.24) is 0 Å². The van der Waals surface area contributed by atoms with Gasteiger partial charge in [0.25, 0.3) is 0 Å². The van der Waals surface area contributed by atoms with Crippen molar-refractivity contribution < 1.29 is 19.7 Å². The Morgan fingerprint density at radius 1 is 0.824 bits per heavy atom. The lowest BCUT2D eigenvalue weighted by Crippen LogP contribution is -2.47. The zero-order chi connectivity index (χ0) is 12.4. The van der Waals surface area contributed by atoms with Gasteiger partial charge in [0.15, 0.2) is 5.60 Å². The van der Waals surface area contributed by atoms with Crippen molar-refractivity contribution in [1.29, 1.82) is 0 Å². The number of aliphatic hydroxyl groups is 2. The molecule has 0 spiro atoms. The molecule has 2 N–H and O–H groups in total. The van der Waals surface area contributed by atoms with Gasteiger partial charge in [-0.05, 0) is 38.5 Å². The highest BCUT2D eigenvalue weighted by Crippen LogP contribution is 2.34. The van der Waals surface area contributed by atoms with Crippen LogP contribution in [0.5, 0.6) is 0 Å². The number of hydrogen-bond donors (Lipinski definition) is 2. The van der Waals surface area contributed by atoms with Crippen molar-refractivity contribution in [3.8, 4) is 0 Å². The van der Waals surface area contributed by atoms with E-state index in [9.17, 15) is 15.0 Å². The van der Waals surface area contributed by atoms with Crippen LogP contribution in [0.3, 0.4) is 0 Å². The van der Waals surface area contributed by atoms with Gasteiger partial charge in [-0.3, -0.25) is 0 Å². The van der Waals surface area contributed by atoms with E-state index in [-0.39, 0.29) is 0 Å². The molecule has 0 atom stereocenters. The standard InChI is InChI=1S/C13H22O4/c14-11(12(15)7-3-1-4-8-12)17-13(16)9-5-2-6-10-13/h15-16H,1-10H2. The van der Waals surface area contributed by atoms with Crippen LogP contribution < -0.4 is 0 Å². The SMILES string of the molecule is O=C(OC1(O)CCCCC1)C1(O)CCCCC1. The second kappa shape index (κ2) is 4.94. The second-order valence-electron chi connectivity index (χ2n) is 5.49. The highest BCUT2D eigenvalue weighted by atomic mass is 16.7. The summed E-state index contributed by atoms with van der Waals surface area (Å²) in [5.74, 6) is -1.95. The summed E-state index contributed by atoms with van der Waals surface area (Å²) in [7, 11) is 0. The molecule has 0 unspecified atom stereocenters. The first-order valence-electron chi connectivity index (χ1n) is 6.72. The molecule has 0 radical (unpaired) electrons. The summed E-state index contributed by atoms with van der Waals surface area (Å²) in [5, 5.41) is 20.3. The molecule has 0 aromatic carbocycles. The van der Waals surface area contributed by atoms with Crippen molar-refractivity contribution in [2.75, 3.05) is 0 Å². The molecular weight excluding hydrogens is 220 g/mol. The van der Waals surface area contributed by atoms with Gasteiger partial charge in [-0.15, -0.1) is 0 Å². The molecule has 0 saturated heterocycles. The minimum absolute atomic E-state index is 0.460. The molecule has 0 aromatic heterocycles. The molecule has 98 valence electrons. The van der Waals surface area contributed by atoms with E-state index in [1.54, 1.807) is 0 Å². The van der Waals surface area contributed by atoms with Crippen LogP contribution in [0.25, 0.3) is 0 Å². The zero-order valence-corrected chi connectivity index (χ0v) is 10.3. The van der Waals surface area contributed by atoms with Crippen LogP contribution in [0.4, 0.5) is 0 Å². The van der Waals surface area contributed by atoms with Gasteiger partial charge < -0.3 is 14.9 Å². The number of rotatable bonds is 2. The summed E-state index contributed by atoms with van der Waals surface area (Å²) in [6.07, 6.45) is 7.50. The molecule has 2 fully saturated rings. The average Bonchev–Trinajstić information content (AvgIpc) is 2.30. The molecule has 2 aliphatic carbocycles. The van der Waals surface area contributed by atoms with Crippen LogP contribution in [0, 0.1) is 0 Å². The smallest absolute Gasteiger partial charge is 0.340 e. The van der Waals surface area contributed by atoms with Gasteiger partial charge in [0.1, 0.15) is 0 Å². The lowest BCUT2D eigenvalue weighted by molar-refractivity contribution is -0.236. The van der Waals surface area contributed by atoms with Crippen molar-refractivity contribution in [2.24, 2.45) is 0 Å². The van der Waals surface area contributed by atoms with Crippen molar-refractivity contribution in [3.63, 3.8) is 0 Å². The van der Waals surface area contributed by atoms with Crippen LogP contribution in [0.1, 0.15) is 64.2 Å². The molecule has 4 nitrogen and oxygen atoms in total. The van der Waals surface area contributed by atoms with Gasteiger partial charge in [-0.2, -0.15) is 0 Å².